The molecule has 204 valence electrons. The van der Waals surface area contributed by atoms with Gasteiger partial charge < -0.3 is 26.2 Å². The van der Waals surface area contributed by atoms with Gasteiger partial charge in [-0.3, -0.25) is 4.79 Å². The molecule has 37 heavy (non-hydrogen) atoms. The third kappa shape index (κ3) is 6.38. The SMILES string of the molecule is CCC[C@@H](CCO)Nc1nc(N)nc(C)c1Cc1ccc(C(CC)(C(=O)O)C2CCN(C)CC2)cc1F. The van der Waals surface area contributed by atoms with Crippen molar-refractivity contribution in [1.29, 1.82) is 0 Å². The summed E-state index contributed by atoms with van der Waals surface area (Å²) in [6.07, 6.45) is 4.51. The predicted molar refractivity (Wildman–Crippen MR) is 144 cm³/mol. The number of aliphatic carboxylic acids is 1. The van der Waals surface area contributed by atoms with Crippen LogP contribution in [0.4, 0.5) is 16.2 Å². The van der Waals surface area contributed by atoms with E-state index in [9.17, 15) is 15.0 Å². The number of hydrogen-bond acceptors (Lipinski definition) is 7. The Morgan fingerprint density at radius 2 is 1.97 bits per heavy atom. The summed E-state index contributed by atoms with van der Waals surface area (Å²) in [5, 5.41) is 23.2. The number of piperidine rings is 1. The van der Waals surface area contributed by atoms with Gasteiger partial charge >= 0.3 is 5.97 Å². The number of rotatable bonds is 12. The minimum atomic E-state index is -1.12. The van der Waals surface area contributed by atoms with Crippen LogP contribution in [0.5, 0.6) is 0 Å². The topological polar surface area (TPSA) is 125 Å². The smallest absolute Gasteiger partial charge is 0.314 e. The first kappa shape index (κ1) is 28.8. The highest BCUT2D eigenvalue weighted by atomic mass is 19.1. The van der Waals surface area contributed by atoms with Crippen molar-refractivity contribution in [1.82, 2.24) is 14.9 Å². The number of anilines is 2. The second-order valence-electron chi connectivity index (χ2n) is 10.3. The molecule has 0 amide bonds. The number of halogens is 1. The molecular weight excluding hydrogens is 473 g/mol. The number of aliphatic hydroxyl groups excluding tert-OH is 1. The van der Waals surface area contributed by atoms with E-state index >= 15 is 4.39 Å². The van der Waals surface area contributed by atoms with Crippen molar-refractivity contribution in [2.75, 3.05) is 37.8 Å². The number of aryl methyl sites for hydroxylation is 1. The van der Waals surface area contributed by atoms with Crippen molar-refractivity contribution in [2.45, 2.75) is 77.2 Å². The van der Waals surface area contributed by atoms with E-state index < -0.39 is 17.2 Å². The van der Waals surface area contributed by atoms with Crippen LogP contribution in [-0.4, -0.2) is 63.8 Å². The van der Waals surface area contributed by atoms with Crippen molar-refractivity contribution >= 4 is 17.7 Å². The average molecular weight is 516 g/mol. The summed E-state index contributed by atoms with van der Waals surface area (Å²) >= 11 is 0. The summed E-state index contributed by atoms with van der Waals surface area (Å²) in [5.41, 5.74) is 7.15. The molecule has 1 aliphatic rings. The zero-order chi connectivity index (χ0) is 27.2. The van der Waals surface area contributed by atoms with Crippen molar-refractivity contribution in [3.63, 3.8) is 0 Å². The molecule has 0 saturated carbocycles. The molecule has 1 aromatic heterocycles. The molecular formula is C28H42FN5O3. The van der Waals surface area contributed by atoms with Gasteiger partial charge in [-0.15, -0.1) is 0 Å². The van der Waals surface area contributed by atoms with E-state index in [1.165, 1.54) is 6.07 Å². The maximum atomic E-state index is 15.6. The molecule has 3 rings (SSSR count). The fourth-order valence-corrected chi connectivity index (χ4v) is 5.77. The fourth-order valence-electron chi connectivity index (χ4n) is 5.77. The standard InChI is InChI=1S/C28H42FN5O3/c1-5-7-22(12-15-35)32-25-23(18(3)31-27(30)33-25)16-19-8-9-21(17-24(19)29)28(6-2,26(36)37)20-10-13-34(4)14-11-20/h8-9,17,20,22,35H,5-7,10-16H2,1-4H3,(H,36,37)(H3,30,31,32,33)/t22-,28?/m0/s1. The molecule has 0 aliphatic carbocycles. The lowest BCUT2D eigenvalue weighted by Gasteiger charge is -2.41. The number of carboxylic acids is 1. The zero-order valence-electron chi connectivity index (χ0n) is 22.6. The lowest BCUT2D eigenvalue weighted by molar-refractivity contribution is -0.147. The van der Waals surface area contributed by atoms with Crippen LogP contribution in [0.2, 0.25) is 0 Å². The molecule has 8 nitrogen and oxygen atoms in total. The second kappa shape index (κ2) is 12.6. The average Bonchev–Trinajstić information content (AvgIpc) is 2.84. The number of carbonyl (C=O) groups is 1. The van der Waals surface area contributed by atoms with E-state index in [1.54, 1.807) is 12.1 Å². The molecule has 1 unspecified atom stereocenters. The molecule has 2 atom stereocenters. The number of hydrogen-bond donors (Lipinski definition) is 4. The van der Waals surface area contributed by atoms with Gasteiger partial charge in [-0.25, -0.2) is 9.37 Å². The van der Waals surface area contributed by atoms with E-state index in [4.69, 9.17) is 5.73 Å². The maximum Gasteiger partial charge on any atom is 0.314 e. The highest BCUT2D eigenvalue weighted by Gasteiger charge is 2.46. The summed E-state index contributed by atoms with van der Waals surface area (Å²) < 4.78 is 15.6. The Morgan fingerprint density at radius 1 is 1.27 bits per heavy atom. The first-order valence-corrected chi connectivity index (χ1v) is 13.4. The third-order valence-corrected chi connectivity index (χ3v) is 7.98. The van der Waals surface area contributed by atoms with Gasteiger partial charge in [-0.1, -0.05) is 32.4 Å². The van der Waals surface area contributed by atoms with Crippen molar-refractivity contribution in [3.8, 4) is 0 Å². The van der Waals surface area contributed by atoms with Crippen LogP contribution in [0.15, 0.2) is 18.2 Å². The Kier molecular flexibility index (Phi) is 9.84. The molecule has 1 saturated heterocycles. The minimum Gasteiger partial charge on any atom is -0.481 e. The number of likely N-dealkylation sites (tertiary alicyclic amines) is 1. The van der Waals surface area contributed by atoms with E-state index in [0.29, 0.717) is 35.5 Å². The van der Waals surface area contributed by atoms with E-state index in [1.807, 2.05) is 20.9 Å². The summed E-state index contributed by atoms with van der Waals surface area (Å²) in [6, 6.07) is 4.90. The first-order valence-electron chi connectivity index (χ1n) is 13.4. The lowest BCUT2D eigenvalue weighted by Crippen LogP contribution is -2.47. The molecule has 0 spiro atoms. The van der Waals surface area contributed by atoms with Crippen molar-refractivity contribution in [2.24, 2.45) is 5.92 Å². The molecule has 1 aromatic carbocycles. The summed E-state index contributed by atoms with van der Waals surface area (Å²) in [5.74, 6) is -0.711. The van der Waals surface area contributed by atoms with Crippen LogP contribution in [-0.2, 0) is 16.6 Å². The lowest BCUT2D eigenvalue weighted by atomic mass is 9.65. The van der Waals surface area contributed by atoms with Crippen LogP contribution >= 0.6 is 0 Å². The van der Waals surface area contributed by atoms with Gasteiger partial charge in [0.15, 0.2) is 0 Å². The van der Waals surface area contributed by atoms with Crippen LogP contribution in [0, 0.1) is 18.7 Å². The van der Waals surface area contributed by atoms with Gasteiger partial charge in [-0.2, -0.15) is 4.98 Å². The normalized spacial score (nSPS) is 17.4. The number of nitrogens with zero attached hydrogens (tertiary/aromatic N) is 3. The highest BCUT2D eigenvalue weighted by molar-refractivity contribution is 5.82. The predicted octanol–water partition coefficient (Wildman–Crippen LogP) is 4.13. The van der Waals surface area contributed by atoms with Gasteiger partial charge in [-0.05, 0) is 82.3 Å². The van der Waals surface area contributed by atoms with Gasteiger partial charge in [0, 0.05) is 30.3 Å². The summed E-state index contributed by atoms with van der Waals surface area (Å²) in [6.45, 7) is 7.48. The monoisotopic (exact) mass is 515 g/mol. The Labute approximate surface area is 219 Å². The number of carboxylic acid groups (broad SMARTS) is 1. The Morgan fingerprint density at radius 3 is 2.54 bits per heavy atom. The molecule has 5 N–H and O–H groups in total. The van der Waals surface area contributed by atoms with Crippen LogP contribution in [0.3, 0.4) is 0 Å². The number of nitrogens with two attached hydrogens (primary N) is 1. The highest BCUT2D eigenvalue weighted by Crippen LogP contribution is 2.42. The van der Waals surface area contributed by atoms with E-state index in [2.05, 4.69) is 27.1 Å². The number of nitrogen functional groups attached to an aromatic ring is 1. The summed E-state index contributed by atoms with van der Waals surface area (Å²) in [4.78, 5) is 23.6. The summed E-state index contributed by atoms with van der Waals surface area (Å²) in [7, 11) is 2.04. The molecule has 1 fully saturated rings. The Balaban J connectivity index is 1.95. The fraction of sp³-hybridized carbons (Fsp3) is 0.607. The number of aliphatic hydroxyl groups is 1. The van der Waals surface area contributed by atoms with Gasteiger partial charge in [0.1, 0.15) is 11.6 Å². The Bertz CT molecular complexity index is 1070. The molecule has 9 heteroatoms. The van der Waals surface area contributed by atoms with Gasteiger partial charge in [0.2, 0.25) is 5.95 Å². The largest absolute Gasteiger partial charge is 0.481 e. The van der Waals surface area contributed by atoms with Crippen LogP contribution < -0.4 is 11.1 Å². The second-order valence-corrected chi connectivity index (χ2v) is 10.3. The minimum absolute atomic E-state index is 0.00458. The van der Waals surface area contributed by atoms with Gasteiger partial charge in [0.05, 0.1) is 5.41 Å². The van der Waals surface area contributed by atoms with Crippen LogP contribution in [0.25, 0.3) is 0 Å². The molecule has 0 radical (unpaired) electrons. The molecule has 0 bridgehead atoms. The number of benzene rings is 1. The Hall–Kier alpha value is -2.78. The van der Waals surface area contributed by atoms with E-state index in [0.717, 1.165) is 44.3 Å². The first-order chi connectivity index (χ1) is 17.7. The number of nitrogens with one attached hydrogen (secondary N) is 1. The van der Waals surface area contributed by atoms with E-state index in [-0.39, 0.29) is 30.9 Å². The quantitative estimate of drug-likeness (QED) is 0.333. The third-order valence-electron chi connectivity index (χ3n) is 7.98. The zero-order valence-corrected chi connectivity index (χ0v) is 22.6. The molecule has 2 aromatic rings. The van der Waals surface area contributed by atoms with Crippen molar-refractivity contribution < 1.29 is 19.4 Å². The molecule has 1 aliphatic heterocycles. The number of aromatic nitrogens is 2. The van der Waals surface area contributed by atoms with Crippen molar-refractivity contribution in [3.05, 3.63) is 46.4 Å². The van der Waals surface area contributed by atoms with Gasteiger partial charge in [0.25, 0.3) is 0 Å². The molecule has 2 heterocycles. The maximum absolute atomic E-state index is 15.6. The van der Waals surface area contributed by atoms with Crippen LogP contribution in [0.1, 0.15) is 74.8 Å².